The Balaban J connectivity index is 2.61. The van der Waals surface area contributed by atoms with Crippen molar-refractivity contribution < 1.29 is 0 Å². The summed E-state index contributed by atoms with van der Waals surface area (Å²) < 4.78 is 2.03. The predicted octanol–water partition coefficient (Wildman–Crippen LogP) is 4.54. The zero-order valence-electron chi connectivity index (χ0n) is 13.3. The number of aryl methyl sites for hydroxylation is 1. The summed E-state index contributed by atoms with van der Waals surface area (Å²) in [6.07, 6.45) is 1.09. The number of aromatic nitrogens is 2. The van der Waals surface area contributed by atoms with E-state index in [4.69, 9.17) is 16.7 Å². The molecule has 1 aromatic carbocycles. The van der Waals surface area contributed by atoms with E-state index in [2.05, 4.69) is 37.8 Å². The molecule has 0 spiro atoms. The van der Waals surface area contributed by atoms with Crippen molar-refractivity contribution in [1.29, 1.82) is 0 Å². The minimum atomic E-state index is 0.454. The molecule has 3 nitrogen and oxygen atoms in total. The highest BCUT2D eigenvalue weighted by Gasteiger charge is 2.23. The minimum absolute atomic E-state index is 0.454. The Hall–Kier alpha value is -1.48. The topological polar surface area (TPSA) is 21.1 Å². The Labute approximate surface area is 132 Å². The third kappa shape index (κ3) is 3.08. The van der Waals surface area contributed by atoms with Gasteiger partial charge in [0.1, 0.15) is 5.82 Å². The highest BCUT2D eigenvalue weighted by atomic mass is 35.5. The van der Waals surface area contributed by atoms with Crippen molar-refractivity contribution in [2.75, 3.05) is 11.4 Å². The van der Waals surface area contributed by atoms with Gasteiger partial charge in [-0.1, -0.05) is 25.1 Å². The van der Waals surface area contributed by atoms with Crippen LogP contribution in [0, 0.1) is 6.92 Å². The fourth-order valence-electron chi connectivity index (χ4n) is 2.64. The second-order valence-corrected chi connectivity index (χ2v) is 5.58. The van der Waals surface area contributed by atoms with Gasteiger partial charge in [0.2, 0.25) is 0 Å². The van der Waals surface area contributed by atoms with Crippen molar-refractivity contribution in [1.82, 2.24) is 9.78 Å². The summed E-state index contributed by atoms with van der Waals surface area (Å²) in [5.41, 5.74) is 3.21. The lowest BCUT2D eigenvalue weighted by Gasteiger charge is -2.30. The van der Waals surface area contributed by atoms with Gasteiger partial charge in [-0.3, -0.25) is 0 Å². The van der Waals surface area contributed by atoms with Crippen LogP contribution in [0.5, 0.6) is 0 Å². The van der Waals surface area contributed by atoms with Gasteiger partial charge in [-0.2, -0.15) is 5.10 Å². The molecule has 1 unspecified atom stereocenters. The van der Waals surface area contributed by atoms with Crippen LogP contribution in [-0.4, -0.2) is 22.4 Å². The van der Waals surface area contributed by atoms with Crippen LogP contribution in [-0.2, 0) is 5.88 Å². The van der Waals surface area contributed by atoms with Crippen molar-refractivity contribution in [3.05, 3.63) is 41.6 Å². The SMILES string of the molecule is CCC(C)N(CC)c1c(CCl)c(C)nn1-c1ccccc1. The molecule has 1 aromatic heterocycles. The van der Waals surface area contributed by atoms with Gasteiger partial charge < -0.3 is 4.90 Å². The second kappa shape index (κ2) is 6.99. The molecule has 1 atom stereocenters. The van der Waals surface area contributed by atoms with E-state index >= 15 is 0 Å². The van der Waals surface area contributed by atoms with Gasteiger partial charge in [-0.25, -0.2) is 4.68 Å². The summed E-state index contributed by atoms with van der Waals surface area (Å²) in [6, 6.07) is 10.7. The summed E-state index contributed by atoms with van der Waals surface area (Å²) in [6.45, 7) is 9.62. The predicted molar refractivity (Wildman–Crippen MR) is 90.6 cm³/mol. The van der Waals surface area contributed by atoms with Crippen molar-refractivity contribution >= 4 is 17.4 Å². The molecule has 0 bridgehead atoms. The van der Waals surface area contributed by atoms with E-state index in [9.17, 15) is 0 Å². The van der Waals surface area contributed by atoms with Gasteiger partial charge in [-0.15, -0.1) is 11.6 Å². The van der Waals surface area contributed by atoms with E-state index in [-0.39, 0.29) is 0 Å². The van der Waals surface area contributed by atoms with Gasteiger partial charge in [0, 0.05) is 18.2 Å². The number of halogens is 1. The van der Waals surface area contributed by atoms with Crippen LogP contribution >= 0.6 is 11.6 Å². The van der Waals surface area contributed by atoms with Gasteiger partial charge in [0.05, 0.1) is 17.3 Å². The van der Waals surface area contributed by atoms with Gasteiger partial charge >= 0.3 is 0 Å². The molecule has 0 radical (unpaired) electrons. The van der Waals surface area contributed by atoms with Gasteiger partial charge in [0.25, 0.3) is 0 Å². The molecule has 0 aliphatic heterocycles. The number of hydrogen-bond acceptors (Lipinski definition) is 2. The molecule has 0 N–H and O–H groups in total. The molecule has 114 valence electrons. The quantitative estimate of drug-likeness (QED) is 0.730. The molecule has 2 rings (SSSR count). The third-order valence-corrected chi connectivity index (χ3v) is 4.29. The van der Waals surface area contributed by atoms with E-state index in [0.717, 1.165) is 35.7 Å². The number of hydrogen-bond donors (Lipinski definition) is 0. The average Bonchev–Trinajstić information content (AvgIpc) is 2.85. The fraction of sp³-hybridized carbons (Fsp3) is 0.471. The molecule has 21 heavy (non-hydrogen) atoms. The number of para-hydroxylation sites is 1. The molecule has 0 fully saturated rings. The number of nitrogens with zero attached hydrogens (tertiary/aromatic N) is 3. The molecule has 0 aliphatic rings. The molecule has 4 heteroatoms. The third-order valence-electron chi connectivity index (χ3n) is 4.03. The first-order chi connectivity index (χ1) is 10.1. The molecule has 1 heterocycles. The Kier molecular flexibility index (Phi) is 5.29. The number of anilines is 1. The molecule has 0 amide bonds. The summed E-state index contributed by atoms with van der Waals surface area (Å²) >= 11 is 6.21. The summed E-state index contributed by atoms with van der Waals surface area (Å²) in [5.74, 6) is 1.62. The average molecular weight is 306 g/mol. The highest BCUT2D eigenvalue weighted by Crippen LogP contribution is 2.30. The zero-order valence-corrected chi connectivity index (χ0v) is 14.1. The van der Waals surface area contributed by atoms with Crippen molar-refractivity contribution in [2.24, 2.45) is 0 Å². The first-order valence-corrected chi connectivity index (χ1v) is 8.13. The van der Waals surface area contributed by atoms with Crippen LogP contribution in [0.3, 0.4) is 0 Å². The maximum atomic E-state index is 6.21. The van der Waals surface area contributed by atoms with Gasteiger partial charge in [-0.05, 0) is 39.3 Å². The van der Waals surface area contributed by atoms with E-state index in [1.165, 1.54) is 0 Å². The Morgan fingerprint density at radius 1 is 1.24 bits per heavy atom. The largest absolute Gasteiger partial charge is 0.354 e. The van der Waals surface area contributed by atoms with E-state index in [1.807, 2.05) is 29.8 Å². The normalized spacial score (nSPS) is 12.4. The highest BCUT2D eigenvalue weighted by molar-refractivity contribution is 6.17. The van der Waals surface area contributed by atoms with Crippen molar-refractivity contribution in [3.8, 4) is 5.69 Å². The summed E-state index contributed by atoms with van der Waals surface area (Å²) in [7, 11) is 0. The van der Waals surface area contributed by atoms with Crippen LogP contribution in [0.15, 0.2) is 30.3 Å². The van der Waals surface area contributed by atoms with Crippen LogP contribution in [0.2, 0.25) is 0 Å². The monoisotopic (exact) mass is 305 g/mol. The Morgan fingerprint density at radius 3 is 2.43 bits per heavy atom. The maximum absolute atomic E-state index is 6.21. The number of alkyl halides is 1. The zero-order chi connectivity index (χ0) is 15.4. The van der Waals surface area contributed by atoms with Crippen molar-refractivity contribution in [3.63, 3.8) is 0 Å². The minimum Gasteiger partial charge on any atom is -0.354 e. The number of rotatable bonds is 6. The fourth-order valence-corrected chi connectivity index (χ4v) is 2.95. The molecule has 0 saturated heterocycles. The summed E-state index contributed by atoms with van der Waals surface area (Å²) in [4.78, 5) is 2.39. The lowest BCUT2D eigenvalue weighted by Crippen LogP contribution is -2.34. The maximum Gasteiger partial charge on any atom is 0.137 e. The molecule has 2 aromatic rings. The molecule has 0 aliphatic carbocycles. The summed E-state index contributed by atoms with van der Waals surface area (Å²) in [5, 5.41) is 4.73. The first kappa shape index (κ1) is 15.9. The number of benzene rings is 1. The standard InChI is InChI=1S/C17H24ClN3/c1-5-13(3)20(6-2)17-16(12-18)14(4)19-21(17)15-10-8-7-9-11-15/h7-11,13H,5-6,12H2,1-4H3. The van der Waals surface area contributed by atoms with Crippen LogP contribution < -0.4 is 4.90 Å². The lowest BCUT2D eigenvalue weighted by atomic mass is 10.2. The van der Waals surface area contributed by atoms with E-state index < -0.39 is 0 Å². The van der Waals surface area contributed by atoms with Crippen LogP contribution in [0.4, 0.5) is 5.82 Å². The Morgan fingerprint density at radius 2 is 1.90 bits per heavy atom. The van der Waals surface area contributed by atoms with Gasteiger partial charge in [0.15, 0.2) is 0 Å². The molecule has 0 saturated carbocycles. The van der Waals surface area contributed by atoms with E-state index in [0.29, 0.717) is 11.9 Å². The molecular formula is C17H24ClN3. The van der Waals surface area contributed by atoms with E-state index in [1.54, 1.807) is 0 Å². The lowest BCUT2D eigenvalue weighted by molar-refractivity contribution is 0.611. The smallest absolute Gasteiger partial charge is 0.137 e. The first-order valence-electron chi connectivity index (χ1n) is 7.60. The molecular weight excluding hydrogens is 282 g/mol. The van der Waals surface area contributed by atoms with Crippen molar-refractivity contribution in [2.45, 2.75) is 46.0 Å². The van der Waals surface area contributed by atoms with Crippen LogP contribution in [0.25, 0.3) is 5.69 Å². The Bertz CT molecular complexity index is 577. The van der Waals surface area contributed by atoms with Crippen LogP contribution in [0.1, 0.15) is 38.4 Å². The second-order valence-electron chi connectivity index (χ2n) is 5.31.